The third kappa shape index (κ3) is 1.36. The quantitative estimate of drug-likeness (QED) is 0.757. The summed E-state index contributed by atoms with van der Waals surface area (Å²) in [7, 11) is 0. The minimum atomic E-state index is 0.452. The first-order valence-electron chi connectivity index (χ1n) is 4.73. The zero-order chi connectivity index (χ0) is 10.3. The number of aromatic nitrogens is 2. The Bertz CT molecular complexity index is 471. The van der Waals surface area contributed by atoms with Crippen molar-refractivity contribution in [2.75, 3.05) is 0 Å². The number of rotatable bonds is 1. The molecule has 3 heteroatoms. The van der Waals surface area contributed by atoms with E-state index in [4.69, 9.17) is 0 Å². The van der Waals surface area contributed by atoms with Gasteiger partial charge in [0.15, 0.2) is 0 Å². The van der Waals surface area contributed by atoms with Gasteiger partial charge in [-0.2, -0.15) is 0 Å². The lowest BCUT2D eigenvalue weighted by molar-refractivity contribution is 0.617. The molecule has 74 valence electrons. The van der Waals surface area contributed by atoms with Crippen molar-refractivity contribution in [3.8, 4) is 0 Å². The van der Waals surface area contributed by atoms with Gasteiger partial charge in [0.1, 0.15) is 5.65 Å². The predicted molar refractivity (Wildman–Crippen MR) is 62.6 cm³/mol. The highest BCUT2D eigenvalue weighted by atomic mass is 79.9. The molecule has 0 spiro atoms. The van der Waals surface area contributed by atoms with E-state index in [2.05, 4.69) is 52.4 Å². The maximum atomic E-state index is 4.42. The van der Waals surface area contributed by atoms with E-state index in [1.807, 2.05) is 12.3 Å². The van der Waals surface area contributed by atoms with Crippen molar-refractivity contribution in [1.82, 2.24) is 9.55 Å². The Balaban J connectivity index is 2.84. The molecule has 2 aromatic heterocycles. The monoisotopic (exact) mass is 252 g/mol. The van der Waals surface area contributed by atoms with E-state index < -0.39 is 0 Å². The minimum absolute atomic E-state index is 0.452. The molecule has 2 rings (SSSR count). The van der Waals surface area contributed by atoms with Crippen LogP contribution in [0.15, 0.2) is 22.9 Å². The van der Waals surface area contributed by atoms with Gasteiger partial charge in [0.2, 0.25) is 0 Å². The second-order valence-electron chi connectivity index (χ2n) is 3.80. The molecule has 0 unspecified atom stereocenters. The average molecular weight is 253 g/mol. The van der Waals surface area contributed by atoms with Gasteiger partial charge in [-0.25, -0.2) is 4.98 Å². The van der Waals surface area contributed by atoms with Crippen molar-refractivity contribution in [3.63, 3.8) is 0 Å². The molecule has 0 aliphatic rings. The van der Waals surface area contributed by atoms with Gasteiger partial charge in [-0.3, -0.25) is 0 Å². The van der Waals surface area contributed by atoms with Gasteiger partial charge in [-0.05, 0) is 48.3 Å². The van der Waals surface area contributed by atoms with Gasteiger partial charge in [-0.1, -0.05) is 0 Å². The molecule has 0 saturated carbocycles. The van der Waals surface area contributed by atoms with Crippen molar-refractivity contribution in [2.24, 2.45) is 0 Å². The highest BCUT2D eigenvalue weighted by Crippen LogP contribution is 2.28. The van der Waals surface area contributed by atoms with Crippen LogP contribution < -0.4 is 0 Å². The maximum absolute atomic E-state index is 4.42. The maximum Gasteiger partial charge on any atom is 0.141 e. The molecule has 0 amide bonds. The molecule has 0 aliphatic carbocycles. The standard InChI is InChI=1S/C11H13BrN2/c1-7(2)14-6-8(3)10-9(12)4-5-13-11(10)14/h4-7H,1-3H3. The van der Waals surface area contributed by atoms with Gasteiger partial charge in [-0.15, -0.1) is 0 Å². The Labute approximate surface area is 92.1 Å². The third-order valence-electron chi connectivity index (χ3n) is 2.41. The summed E-state index contributed by atoms with van der Waals surface area (Å²) in [6, 6.07) is 2.44. The summed E-state index contributed by atoms with van der Waals surface area (Å²) >= 11 is 3.56. The number of aryl methyl sites for hydroxylation is 1. The summed E-state index contributed by atoms with van der Waals surface area (Å²) in [5.41, 5.74) is 2.33. The second kappa shape index (κ2) is 3.39. The average Bonchev–Trinajstić information content (AvgIpc) is 2.45. The van der Waals surface area contributed by atoms with Crippen LogP contribution in [0, 0.1) is 6.92 Å². The first-order valence-corrected chi connectivity index (χ1v) is 5.52. The third-order valence-corrected chi connectivity index (χ3v) is 3.07. The lowest BCUT2D eigenvalue weighted by atomic mass is 10.2. The molecule has 2 nitrogen and oxygen atoms in total. The number of pyridine rings is 1. The fraction of sp³-hybridized carbons (Fsp3) is 0.364. The van der Waals surface area contributed by atoms with Gasteiger partial charge in [0.25, 0.3) is 0 Å². The molecule has 0 bridgehead atoms. The van der Waals surface area contributed by atoms with Gasteiger partial charge in [0, 0.05) is 28.3 Å². The molecular weight excluding hydrogens is 240 g/mol. The van der Waals surface area contributed by atoms with E-state index in [0.717, 1.165) is 10.1 Å². The van der Waals surface area contributed by atoms with E-state index in [1.165, 1.54) is 10.9 Å². The van der Waals surface area contributed by atoms with Crippen LogP contribution in [-0.4, -0.2) is 9.55 Å². The molecule has 0 radical (unpaired) electrons. The molecule has 0 aromatic carbocycles. The smallest absolute Gasteiger partial charge is 0.141 e. The summed E-state index contributed by atoms with van der Waals surface area (Å²) in [5.74, 6) is 0. The normalized spacial score (nSPS) is 11.5. The summed E-state index contributed by atoms with van der Waals surface area (Å²) in [4.78, 5) is 4.42. The summed E-state index contributed by atoms with van der Waals surface area (Å²) in [6.07, 6.45) is 4.00. The molecular formula is C11H13BrN2. The van der Waals surface area contributed by atoms with Crippen LogP contribution in [0.1, 0.15) is 25.5 Å². The SMILES string of the molecule is Cc1cn(C(C)C)c2nccc(Br)c12. The van der Waals surface area contributed by atoms with Crippen molar-refractivity contribution in [3.05, 3.63) is 28.5 Å². The Morgan fingerprint density at radius 2 is 2.14 bits per heavy atom. The summed E-state index contributed by atoms with van der Waals surface area (Å²) in [5, 5.41) is 1.22. The largest absolute Gasteiger partial charge is 0.330 e. The molecule has 14 heavy (non-hydrogen) atoms. The fourth-order valence-corrected chi connectivity index (χ4v) is 2.32. The highest BCUT2D eigenvalue weighted by Gasteiger charge is 2.10. The van der Waals surface area contributed by atoms with Crippen LogP contribution in [-0.2, 0) is 0 Å². The Hall–Kier alpha value is -0.830. The van der Waals surface area contributed by atoms with Gasteiger partial charge >= 0.3 is 0 Å². The number of nitrogens with zero attached hydrogens (tertiary/aromatic N) is 2. The lowest BCUT2D eigenvalue weighted by Crippen LogP contribution is -1.99. The van der Waals surface area contributed by atoms with E-state index in [-0.39, 0.29) is 0 Å². The van der Waals surface area contributed by atoms with Crippen molar-refractivity contribution < 1.29 is 0 Å². The minimum Gasteiger partial charge on any atom is -0.330 e. The van der Waals surface area contributed by atoms with Crippen molar-refractivity contribution >= 4 is 27.0 Å². The molecule has 0 aliphatic heterocycles. The van der Waals surface area contributed by atoms with E-state index in [0.29, 0.717) is 6.04 Å². The topological polar surface area (TPSA) is 17.8 Å². The number of fused-ring (bicyclic) bond motifs is 1. The fourth-order valence-electron chi connectivity index (χ4n) is 1.72. The second-order valence-corrected chi connectivity index (χ2v) is 4.66. The Morgan fingerprint density at radius 1 is 1.43 bits per heavy atom. The summed E-state index contributed by atoms with van der Waals surface area (Å²) in [6.45, 7) is 6.45. The molecule has 2 heterocycles. The van der Waals surface area contributed by atoms with E-state index in [1.54, 1.807) is 0 Å². The highest BCUT2D eigenvalue weighted by molar-refractivity contribution is 9.10. The lowest BCUT2D eigenvalue weighted by Gasteiger charge is -2.07. The van der Waals surface area contributed by atoms with Crippen molar-refractivity contribution in [2.45, 2.75) is 26.8 Å². The summed E-state index contributed by atoms with van der Waals surface area (Å²) < 4.78 is 3.33. The van der Waals surface area contributed by atoms with Crippen LogP contribution in [0.3, 0.4) is 0 Å². The first kappa shape index (κ1) is 9.71. The molecule has 0 saturated heterocycles. The number of hydrogen-bond donors (Lipinski definition) is 0. The van der Waals surface area contributed by atoms with Crippen LogP contribution in [0.4, 0.5) is 0 Å². The first-order chi connectivity index (χ1) is 6.61. The molecule has 0 N–H and O–H groups in total. The van der Waals surface area contributed by atoms with Crippen LogP contribution in [0.2, 0.25) is 0 Å². The Kier molecular flexibility index (Phi) is 2.35. The van der Waals surface area contributed by atoms with E-state index >= 15 is 0 Å². The predicted octanol–water partition coefficient (Wildman–Crippen LogP) is 3.69. The zero-order valence-corrected chi connectivity index (χ0v) is 10.2. The molecule has 0 atom stereocenters. The van der Waals surface area contributed by atoms with Crippen LogP contribution in [0.25, 0.3) is 11.0 Å². The van der Waals surface area contributed by atoms with Crippen LogP contribution in [0.5, 0.6) is 0 Å². The Morgan fingerprint density at radius 3 is 2.79 bits per heavy atom. The number of halogens is 1. The molecule has 0 fully saturated rings. The van der Waals surface area contributed by atoms with Gasteiger partial charge < -0.3 is 4.57 Å². The molecule has 2 aromatic rings. The number of hydrogen-bond acceptors (Lipinski definition) is 1. The van der Waals surface area contributed by atoms with E-state index in [9.17, 15) is 0 Å². The zero-order valence-electron chi connectivity index (χ0n) is 8.58. The van der Waals surface area contributed by atoms with Crippen molar-refractivity contribution in [1.29, 1.82) is 0 Å². The van der Waals surface area contributed by atoms with Crippen LogP contribution >= 0.6 is 15.9 Å². The van der Waals surface area contributed by atoms with Gasteiger partial charge in [0.05, 0.1) is 0 Å².